The van der Waals surface area contributed by atoms with Crippen molar-refractivity contribution in [3.05, 3.63) is 11.4 Å². The molecular formula is C11H19N3O2. The first kappa shape index (κ1) is 12.5. The van der Waals surface area contributed by atoms with Crippen molar-refractivity contribution in [3.63, 3.8) is 0 Å². The summed E-state index contributed by atoms with van der Waals surface area (Å²) in [6.45, 7) is 7.39. The van der Waals surface area contributed by atoms with E-state index in [0.717, 1.165) is 5.69 Å². The lowest BCUT2D eigenvalue weighted by Gasteiger charge is -2.19. The van der Waals surface area contributed by atoms with E-state index in [-0.39, 0.29) is 0 Å². The smallest absolute Gasteiger partial charge is 0.359 e. The highest BCUT2D eigenvalue weighted by Crippen LogP contribution is 2.20. The fourth-order valence-corrected chi connectivity index (χ4v) is 1.43. The molecule has 1 aromatic rings. The summed E-state index contributed by atoms with van der Waals surface area (Å²) in [5.74, 6) is -0.431. The summed E-state index contributed by atoms with van der Waals surface area (Å²) >= 11 is 0. The first-order valence-corrected chi connectivity index (χ1v) is 5.31. The molecule has 0 aromatic carbocycles. The largest absolute Gasteiger partial charge is 0.455 e. The van der Waals surface area contributed by atoms with Gasteiger partial charge in [-0.3, -0.25) is 4.68 Å². The van der Waals surface area contributed by atoms with E-state index >= 15 is 0 Å². The van der Waals surface area contributed by atoms with Crippen molar-refractivity contribution < 1.29 is 9.53 Å². The quantitative estimate of drug-likeness (QED) is 0.775. The third kappa shape index (κ3) is 2.53. The highest BCUT2D eigenvalue weighted by Gasteiger charge is 2.24. The number of aryl methyl sites for hydroxylation is 2. The first-order valence-electron chi connectivity index (χ1n) is 5.31. The Kier molecular flexibility index (Phi) is 3.26. The predicted molar refractivity (Wildman–Crippen MR) is 62.2 cm³/mol. The van der Waals surface area contributed by atoms with Gasteiger partial charge >= 0.3 is 5.97 Å². The number of aromatic nitrogens is 2. The molecule has 1 aromatic heterocycles. The zero-order chi connectivity index (χ0) is 12.5. The molecule has 1 rings (SSSR count). The lowest BCUT2D eigenvalue weighted by atomic mass is 10.2. The molecule has 0 atom stereocenters. The van der Waals surface area contributed by atoms with Crippen molar-refractivity contribution in [2.24, 2.45) is 7.05 Å². The van der Waals surface area contributed by atoms with Gasteiger partial charge in [-0.1, -0.05) is 6.92 Å². The van der Waals surface area contributed by atoms with Crippen LogP contribution in [0.15, 0.2) is 0 Å². The molecular weight excluding hydrogens is 206 g/mol. The highest BCUT2D eigenvalue weighted by atomic mass is 16.6. The van der Waals surface area contributed by atoms with Crippen molar-refractivity contribution >= 4 is 11.7 Å². The van der Waals surface area contributed by atoms with E-state index in [1.54, 1.807) is 7.05 Å². The van der Waals surface area contributed by atoms with E-state index in [0.29, 0.717) is 17.8 Å². The second kappa shape index (κ2) is 4.15. The van der Waals surface area contributed by atoms with Gasteiger partial charge in [0.05, 0.1) is 11.4 Å². The number of nitrogens with two attached hydrogens (primary N) is 1. The van der Waals surface area contributed by atoms with E-state index in [2.05, 4.69) is 5.10 Å². The monoisotopic (exact) mass is 225 g/mol. The molecule has 0 unspecified atom stereocenters. The Bertz CT molecular complexity index is 402. The van der Waals surface area contributed by atoms with Crippen molar-refractivity contribution in [2.45, 2.75) is 39.7 Å². The molecule has 0 saturated carbocycles. The highest BCUT2D eigenvalue weighted by molar-refractivity contribution is 5.94. The molecule has 2 N–H and O–H groups in total. The molecule has 0 bridgehead atoms. The van der Waals surface area contributed by atoms with Crippen LogP contribution >= 0.6 is 0 Å². The number of hydrogen-bond donors (Lipinski definition) is 1. The summed E-state index contributed by atoms with van der Waals surface area (Å²) in [7, 11) is 1.69. The lowest BCUT2D eigenvalue weighted by Crippen LogP contribution is -2.25. The van der Waals surface area contributed by atoms with Gasteiger partial charge in [0, 0.05) is 7.05 Å². The van der Waals surface area contributed by atoms with E-state index < -0.39 is 11.6 Å². The maximum atomic E-state index is 11.9. The summed E-state index contributed by atoms with van der Waals surface area (Å²) in [6.07, 6.45) is 0.697. The van der Waals surface area contributed by atoms with Gasteiger partial charge in [-0.05, 0) is 27.2 Å². The molecule has 90 valence electrons. The van der Waals surface area contributed by atoms with Crippen LogP contribution in [0.2, 0.25) is 0 Å². The van der Waals surface area contributed by atoms with Crippen molar-refractivity contribution in [2.75, 3.05) is 5.73 Å². The van der Waals surface area contributed by atoms with Crippen molar-refractivity contribution in [1.29, 1.82) is 0 Å². The van der Waals surface area contributed by atoms with Crippen LogP contribution in [0.1, 0.15) is 43.9 Å². The molecule has 0 spiro atoms. The van der Waals surface area contributed by atoms with Crippen LogP contribution in [0, 0.1) is 0 Å². The molecule has 5 nitrogen and oxygen atoms in total. The maximum Gasteiger partial charge on any atom is 0.359 e. The number of ether oxygens (including phenoxy) is 1. The average Bonchev–Trinajstić information content (AvgIpc) is 2.38. The minimum Gasteiger partial charge on any atom is -0.455 e. The lowest BCUT2D eigenvalue weighted by molar-refractivity contribution is 0.00589. The second-order valence-electron chi connectivity index (χ2n) is 4.69. The van der Waals surface area contributed by atoms with Gasteiger partial charge in [-0.25, -0.2) is 4.79 Å². The summed E-state index contributed by atoms with van der Waals surface area (Å²) in [5, 5.41) is 4.17. The minimum atomic E-state index is -0.528. The van der Waals surface area contributed by atoms with Crippen molar-refractivity contribution in [1.82, 2.24) is 9.78 Å². The van der Waals surface area contributed by atoms with Crippen LogP contribution in [0.25, 0.3) is 0 Å². The van der Waals surface area contributed by atoms with Crippen molar-refractivity contribution in [3.8, 4) is 0 Å². The fraction of sp³-hybridized carbons (Fsp3) is 0.636. The Morgan fingerprint density at radius 3 is 2.44 bits per heavy atom. The standard InChI is InChI=1S/C11H19N3O2/c1-6-7-8(12)9(14(5)13-7)10(15)16-11(2,3)4/h6,12H2,1-5H3. The normalized spacial score (nSPS) is 11.6. The molecule has 0 aliphatic carbocycles. The number of hydrogen-bond acceptors (Lipinski definition) is 4. The summed E-state index contributed by atoms with van der Waals surface area (Å²) in [6, 6.07) is 0. The topological polar surface area (TPSA) is 70.1 Å². The number of carbonyl (C=O) groups is 1. The van der Waals surface area contributed by atoms with E-state index in [9.17, 15) is 4.79 Å². The zero-order valence-electron chi connectivity index (χ0n) is 10.5. The Morgan fingerprint density at radius 2 is 2.06 bits per heavy atom. The molecule has 0 saturated heterocycles. The van der Waals surface area contributed by atoms with Gasteiger partial charge in [-0.15, -0.1) is 0 Å². The molecule has 1 heterocycles. The Balaban J connectivity index is 3.04. The number of nitrogens with zero attached hydrogens (tertiary/aromatic N) is 2. The van der Waals surface area contributed by atoms with Gasteiger partial charge in [-0.2, -0.15) is 5.10 Å². The van der Waals surface area contributed by atoms with Crippen LogP contribution in [0.3, 0.4) is 0 Å². The van der Waals surface area contributed by atoms with Gasteiger partial charge in [0.2, 0.25) is 0 Å². The molecule has 16 heavy (non-hydrogen) atoms. The predicted octanol–water partition coefficient (Wildman–Crippen LogP) is 1.52. The van der Waals surface area contributed by atoms with E-state index in [1.807, 2.05) is 27.7 Å². The fourth-order valence-electron chi connectivity index (χ4n) is 1.43. The summed E-state index contributed by atoms with van der Waals surface area (Å²) in [4.78, 5) is 11.9. The average molecular weight is 225 g/mol. The Labute approximate surface area is 95.6 Å². The van der Waals surface area contributed by atoms with Gasteiger partial charge < -0.3 is 10.5 Å². The third-order valence-corrected chi connectivity index (χ3v) is 2.09. The van der Waals surface area contributed by atoms with E-state index in [4.69, 9.17) is 10.5 Å². The van der Waals surface area contributed by atoms with Crippen LogP contribution < -0.4 is 5.73 Å². The summed E-state index contributed by atoms with van der Waals surface area (Å²) < 4.78 is 6.74. The van der Waals surface area contributed by atoms with Gasteiger partial charge in [0.15, 0.2) is 5.69 Å². The van der Waals surface area contributed by atoms with Crippen LogP contribution in [-0.2, 0) is 18.2 Å². The number of carbonyl (C=O) groups excluding carboxylic acids is 1. The molecule has 0 amide bonds. The van der Waals surface area contributed by atoms with Gasteiger partial charge in [0.1, 0.15) is 5.60 Å². The number of nitrogen functional groups attached to an aromatic ring is 1. The molecule has 0 radical (unpaired) electrons. The second-order valence-corrected chi connectivity index (χ2v) is 4.69. The van der Waals surface area contributed by atoms with Gasteiger partial charge in [0.25, 0.3) is 0 Å². The Morgan fingerprint density at radius 1 is 1.50 bits per heavy atom. The SMILES string of the molecule is CCc1nn(C)c(C(=O)OC(C)(C)C)c1N. The number of rotatable bonds is 2. The van der Waals surface area contributed by atoms with Crippen LogP contribution in [-0.4, -0.2) is 21.4 Å². The Hall–Kier alpha value is -1.52. The maximum absolute atomic E-state index is 11.9. The first-order chi connectivity index (χ1) is 7.26. The van der Waals surface area contributed by atoms with E-state index in [1.165, 1.54) is 4.68 Å². The molecule has 5 heteroatoms. The number of anilines is 1. The zero-order valence-corrected chi connectivity index (χ0v) is 10.5. The number of esters is 1. The molecule has 0 aliphatic heterocycles. The van der Waals surface area contributed by atoms with Crippen LogP contribution in [0.5, 0.6) is 0 Å². The summed E-state index contributed by atoms with van der Waals surface area (Å²) in [5.41, 5.74) is 6.79. The molecule has 0 aliphatic rings. The third-order valence-electron chi connectivity index (χ3n) is 2.09. The molecule has 0 fully saturated rings. The minimum absolute atomic E-state index is 0.326. The van der Waals surface area contributed by atoms with Crippen LogP contribution in [0.4, 0.5) is 5.69 Å².